The van der Waals surface area contributed by atoms with E-state index >= 15 is 0 Å². The number of rotatable bonds is 18. The van der Waals surface area contributed by atoms with Gasteiger partial charge in [0.25, 0.3) is 36.1 Å². The molecule has 0 spiro atoms. The number of aliphatic hydroxyl groups is 1. The Bertz CT molecular complexity index is 3700. The van der Waals surface area contributed by atoms with Gasteiger partial charge < -0.3 is 24.1 Å². The number of nitro groups is 3. The van der Waals surface area contributed by atoms with Crippen molar-refractivity contribution in [1.82, 2.24) is 19.0 Å². The first kappa shape index (κ1) is 83.1. The van der Waals surface area contributed by atoms with Crippen LogP contribution in [0.3, 0.4) is 0 Å². The number of hydrogen-bond acceptors (Lipinski definition) is 24. The molecule has 0 saturated carbocycles. The van der Waals surface area contributed by atoms with Gasteiger partial charge in [-0.1, -0.05) is 102 Å². The number of ether oxygens (including phenoxy) is 4. The highest BCUT2D eigenvalue weighted by atomic mass is 35.7. The number of carbonyl (C=O) groups is 4. The molecule has 0 bridgehead atoms. The Morgan fingerprint density at radius 2 is 0.958 bits per heavy atom. The van der Waals surface area contributed by atoms with Crippen LogP contribution in [0, 0.1) is 30.3 Å². The van der Waals surface area contributed by atoms with Gasteiger partial charge in [-0.15, -0.1) is 12.4 Å². The molecule has 1 unspecified atom stereocenters. The lowest BCUT2D eigenvalue weighted by atomic mass is 9.98. The maximum Gasteiger partial charge on any atom is 0.411 e. The monoisotopic (exact) mass is 1430 g/mol. The molecule has 95 heavy (non-hydrogen) atoms. The summed E-state index contributed by atoms with van der Waals surface area (Å²) in [5.74, 6) is 3.82. The normalized spacial score (nSPS) is 16.3. The summed E-state index contributed by atoms with van der Waals surface area (Å²) in [6.07, 6.45) is -0.722. The highest BCUT2D eigenvalue weighted by molar-refractivity contribution is 8.13. The third-order valence-corrected chi connectivity index (χ3v) is 17.3. The van der Waals surface area contributed by atoms with Crippen LogP contribution in [0.2, 0.25) is 0 Å². The summed E-state index contributed by atoms with van der Waals surface area (Å²) >= 11 is 0. The molecule has 0 radical (unpaired) electrons. The molecule has 5 aromatic rings. The second-order valence-corrected chi connectivity index (χ2v) is 28.2. The molecule has 0 aromatic heterocycles. The molecule has 36 heteroatoms. The zero-order valence-corrected chi connectivity index (χ0v) is 57.3. The Kier molecular flexibility index (Phi) is 33.7. The number of nitrogens with zero attached hydrogens (tertiary/aromatic N) is 6. The molecule has 31 nitrogen and oxygen atoms in total. The molecule has 2 fully saturated rings. The first-order valence-electron chi connectivity index (χ1n) is 28.6. The number of para-hydroxylation sites is 3. The number of nitro benzene ring substituents is 3. The minimum absolute atomic E-state index is 0. The standard InChI is InChI=1S/C20H29N3O8S.C13H12N2O5S.C13H23NO5.C7H9NO.C6H4ClNO4S.ClH/c1-6-30-18(24)16-12-11-14(13-22(16)19(25)31-20(2,3)4)21(5)32(28,29)17-10-8-7-9-15(17)23(26)27;16-15(17)12-8-4-5-9-13(12)21(18,19)14-20-10-11-6-2-1-3-7-11;1-5-18-11(16)10-7-6-9(15)8-14(10)12(17)19-13(2,3)4;8-9-6-7-4-2-1-3-5-7;7-13(11,12)6-4-2-1-3-5(6)8(9)10;/h7-10,14,16H,6,11-13H2,1-5H3;1-9,14H,10H2;9-10,15H,5-8H2,1-4H3;1-5H,6,8H2;1-4H;1H/t14-,16+;;9-,10?;;;/m1.0.../s1. The highest BCUT2D eigenvalue weighted by Crippen LogP contribution is 2.32. The Hall–Kier alpha value is -8.03. The average molecular weight is 1430 g/mol. The quantitative estimate of drug-likeness (QED) is 0.0242. The van der Waals surface area contributed by atoms with Crippen LogP contribution in [0.1, 0.15) is 92.2 Å². The fourth-order valence-electron chi connectivity index (χ4n) is 8.52. The first-order valence-corrected chi connectivity index (χ1v) is 33.8. The van der Waals surface area contributed by atoms with Gasteiger partial charge in [0.2, 0.25) is 10.0 Å². The Morgan fingerprint density at radius 3 is 1.36 bits per heavy atom. The number of halogens is 2. The largest absolute Gasteiger partial charge is 0.464 e. The summed E-state index contributed by atoms with van der Waals surface area (Å²) in [6.45, 7) is 14.5. The van der Waals surface area contributed by atoms with Crippen molar-refractivity contribution in [2.45, 2.75) is 144 Å². The first-order chi connectivity index (χ1) is 43.9. The molecule has 0 aliphatic carbocycles. The van der Waals surface area contributed by atoms with Crippen LogP contribution in [0.4, 0.5) is 26.7 Å². The van der Waals surface area contributed by atoms with Gasteiger partial charge in [0.15, 0.2) is 14.7 Å². The lowest BCUT2D eigenvalue weighted by molar-refractivity contribution is -0.388. The second-order valence-electron chi connectivity index (χ2n) is 22.1. The predicted octanol–water partition coefficient (Wildman–Crippen LogP) is 8.88. The topological polar surface area (TPSA) is 423 Å². The van der Waals surface area contributed by atoms with Crippen molar-refractivity contribution >= 4 is 93.4 Å². The summed E-state index contributed by atoms with van der Waals surface area (Å²) in [7, 11) is -6.14. The number of nitrogens with two attached hydrogens (primary N) is 1. The number of likely N-dealkylation sites (tertiary alicyclic amines) is 2. The van der Waals surface area contributed by atoms with Crippen molar-refractivity contribution < 1.29 is 92.9 Å². The van der Waals surface area contributed by atoms with Gasteiger partial charge in [-0.2, -0.15) is 4.31 Å². The minimum atomic E-state index is -4.25. The molecule has 2 aliphatic heterocycles. The number of benzene rings is 5. The lowest BCUT2D eigenvalue weighted by Gasteiger charge is -2.41. The van der Waals surface area contributed by atoms with Crippen molar-refractivity contribution in [3.05, 3.63) is 175 Å². The maximum absolute atomic E-state index is 13.2. The molecule has 4 atom stereocenters. The van der Waals surface area contributed by atoms with Gasteiger partial charge in [0.05, 0.1) is 53.8 Å². The molecular weight excluding hydrogens is 1360 g/mol. The van der Waals surface area contributed by atoms with Crippen LogP contribution in [0.15, 0.2) is 148 Å². The number of β-amino-alcohol motifs (C(OH)–C–C–N with tert-alkyl or cyclic N) is 1. The molecule has 2 saturated heterocycles. The number of aliphatic hydroxyl groups excluding tert-OH is 1. The number of nitrogens with one attached hydrogen (secondary N) is 1. The number of piperidine rings is 2. The number of carbonyl (C=O) groups excluding carboxylic acids is 4. The van der Waals surface area contributed by atoms with Crippen LogP contribution in [0.5, 0.6) is 0 Å². The molecule has 4 N–H and O–H groups in total. The molecule has 524 valence electrons. The third kappa shape index (κ3) is 27.3. The van der Waals surface area contributed by atoms with Crippen LogP contribution in [0.25, 0.3) is 0 Å². The second kappa shape index (κ2) is 38.5. The Labute approximate surface area is 561 Å². The van der Waals surface area contributed by atoms with Crippen molar-refractivity contribution in [1.29, 1.82) is 0 Å². The van der Waals surface area contributed by atoms with Crippen molar-refractivity contribution in [3.8, 4) is 0 Å². The average Bonchev–Trinajstić information content (AvgIpc) is 0.785. The van der Waals surface area contributed by atoms with E-state index in [9.17, 15) is 79.9 Å². The molecule has 2 heterocycles. The van der Waals surface area contributed by atoms with Crippen LogP contribution >= 0.6 is 23.1 Å². The van der Waals surface area contributed by atoms with Gasteiger partial charge in [0.1, 0.15) is 23.3 Å². The molecule has 2 aliphatic rings. The number of esters is 2. The number of amides is 2. The summed E-state index contributed by atoms with van der Waals surface area (Å²) in [5, 5.41) is 42.2. The number of hydrogen-bond donors (Lipinski definition) is 3. The zero-order valence-electron chi connectivity index (χ0n) is 53.3. The molecule has 5 aromatic carbocycles. The van der Waals surface area contributed by atoms with Crippen molar-refractivity contribution in [2.75, 3.05) is 33.4 Å². The van der Waals surface area contributed by atoms with Gasteiger partial charge >= 0.3 is 24.1 Å². The van der Waals surface area contributed by atoms with Gasteiger partial charge in [0, 0.05) is 48.5 Å². The van der Waals surface area contributed by atoms with E-state index < -0.39 is 135 Å². The highest BCUT2D eigenvalue weighted by Gasteiger charge is 2.44. The van der Waals surface area contributed by atoms with Crippen molar-refractivity contribution in [3.63, 3.8) is 0 Å². The summed E-state index contributed by atoms with van der Waals surface area (Å²) in [6, 6.07) is 31.4. The fraction of sp³-hybridized carbons (Fsp3) is 0.424. The minimum Gasteiger partial charge on any atom is -0.464 e. The van der Waals surface area contributed by atoms with Crippen LogP contribution in [-0.4, -0.2) is 152 Å². The summed E-state index contributed by atoms with van der Waals surface area (Å²) in [5.41, 5.74) is -1.16. The Balaban J connectivity index is 0.000000427. The smallest absolute Gasteiger partial charge is 0.411 e. The third-order valence-electron chi connectivity index (χ3n) is 12.7. The number of likely N-dealkylation sites (N-methyl/N-ethyl adjacent to an activating group) is 1. The van der Waals surface area contributed by atoms with E-state index in [0.717, 1.165) is 45.8 Å². The van der Waals surface area contributed by atoms with Gasteiger partial charge in [-0.05, 0) is 110 Å². The van der Waals surface area contributed by atoms with E-state index in [1.165, 1.54) is 59.3 Å². The van der Waals surface area contributed by atoms with E-state index in [4.69, 9.17) is 40.4 Å². The summed E-state index contributed by atoms with van der Waals surface area (Å²) in [4.78, 5) is 91.6. The summed E-state index contributed by atoms with van der Waals surface area (Å²) < 4.78 is 93.7. The predicted molar refractivity (Wildman–Crippen MR) is 346 cm³/mol. The lowest BCUT2D eigenvalue weighted by Crippen LogP contribution is -2.57. The van der Waals surface area contributed by atoms with E-state index in [1.807, 2.05) is 41.3 Å². The van der Waals surface area contributed by atoms with Crippen LogP contribution in [-0.2, 0) is 80.5 Å². The molecule has 2 amide bonds. The number of sulfonamides is 2. The maximum atomic E-state index is 13.2. The molecule has 7 rings (SSSR count). The van der Waals surface area contributed by atoms with Gasteiger partial charge in [-0.25, -0.2) is 50.3 Å². The van der Waals surface area contributed by atoms with Crippen molar-refractivity contribution in [2.24, 2.45) is 5.90 Å². The molecular formula is C59H78Cl2N8O23S3. The van der Waals surface area contributed by atoms with E-state index in [2.05, 4.69) is 4.84 Å². The Morgan fingerprint density at radius 1 is 0.589 bits per heavy atom. The van der Waals surface area contributed by atoms with E-state index in [0.29, 0.717) is 19.4 Å². The van der Waals surface area contributed by atoms with Crippen LogP contribution < -0.4 is 10.8 Å². The zero-order chi connectivity index (χ0) is 70.8. The van der Waals surface area contributed by atoms with Gasteiger partial charge in [-0.3, -0.25) is 49.8 Å². The van der Waals surface area contributed by atoms with E-state index in [-0.39, 0.29) is 58.2 Å². The van der Waals surface area contributed by atoms with E-state index in [1.54, 1.807) is 79.7 Å². The fourth-order valence-corrected chi connectivity index (χ4v) is 12.1. The SMILES string of the molecule is CCOC(=O)C1CC[C@H](O)CN1C(=O)OC(C)(C)C.CCOC(=O)[C@@H]1CC[C@@H](N(C)S(=O)(=O)c2ccccc2[N+](=O)[O-])CN1C(=O)OC(C)(C)C.Cl.NOCc1ccccc1.O=[N+]([O-])c1ccccc1S(=O)(=O)Cl.O=[N+]([O-])c1ccccc1S(=O)(=O)NOCc1ccccc1.